The number of fused-ring (bicyclic) bond motifs is 1. The third-order valence-corrected chi connectivity index (χ3v) is 3.75. The van der Waals surface area contributed by atoms with Crippen LogP contribution in [0.3, 0.4) is 0 Å². The number of ether oxygens (including phenoxy) is 2. The molecule has 2 rings (SSSR count). The lowest BCUT2D eigenvalue weighted by Gasteiger charge is -2.24. The Kier molecular flexibility index (Phi) is 4.91. The Labute approximate surface area is 118 Å². The Balaban J connectivity index is 2.26. The molecule has 0 aromatic heterocycles. The summed E-state index contributed by atoms with van der Waals surface area (Å²) in [6.45, 7) is 3.43. The van der Waals surface area contributed by atoms with Crippen molar-refractivity contribution in [2.45, 2.75) is 31.8 Å². The summed E-state index contributed by atoms with van der Waals surface area (Å²) in [5, 5.41) is 10.4. The molecule has 3 N–H and O–H groups in total. The van der Waals surface area contributed by atoms with Gasteiger partial charge < -0.3 is 20.3 Å². The Bertz CT molecular complexity index is 439. The normalized spacial score (nSPS) is 17.1. The predicted molar refractivity (Wildman–Crippen MR) is 75.2 cm³/mol. The second-order valence-electron chi connectivity index (χ2n) is 4.75. The largest absolute Gasteiger partial charge is 0.486 e. The van der Waals surface area contributed by atoms with Gasteiger partial charge in [-0.25, -0.2) is 0 Å². The van der Waals surface area contributed by atoms with Crippen molar-refractivity contribution < 1.29 is 14.6 Å². The van der Waals surface area contributed by atoms with Crippen LogP contribution in [0.25, 0.3) is 0 Å². The molecule has 0 amide bonds. The number of rotatable bonds is 5. The number of nitrogens with two attached hydrogens (primary N) is 1. The van der Waals surface area contributed by atoms with Crippen LogP contribution in [0.5, 0.6) is 11.5 Å². The maximum absolute atomic E-state index is 9.73. The molecule has 1 aliphatic rings. The molecule has 1 aliphatic heterocycles. The lowest BCUT2D eigenvalue weighted by atomic mass is 9.90. The summed E-state index contributed by atoms with van der Waals surface area (Å²) in [4.78, 5) is 0. The highest BCUT2D eigenvalue weighted by Crippen LogP contribution is 2.40. The van der Waals surface area contributed by atoms with Gasteiger partial charge in [0.15, 0.2) is 11.5 Å². The first-order valence-corrected chi connectivity index (χ1v) is 7.00. The van der Waals surface area contributed by atoms with E-state index >= 15 is 0 Å². The van der Waals surface area contributed by atoms with Gasteiger partial charge in [-0.1, -0.05) is 18.5 Å². The quantitative estimate of drug-likeness (QED) is 0.871. The van der Waals surface area contributed by atoms with E-state index in [1.165, 1.54) is 0 Å². The molecule has 0 aliphatic carbocycles. The molecule has 0 saturated carbocycles. The zero-order valence-corrected chi connectivity index (χ0v) is 11.8. The summed E-state index contributed by atoms with van der Waals surface area (Å²) in [7, 11) is 0. The van der Waals surface area contributed by atoms with Crippen molar-refractivity contribution in [3.8, 4) is 11.5 Å². The number of hydrogen-bond donors (Lipinski definition) is 2. The molecule has 1 aromatic rings. The molecule has 2 atom stereocenters. The van der Waals surface area contributed by atoms with Crippen molar-refractivity contribution in [2.24, 2.45) is 5.73 Å². The lowest BCUT2D eigenvalue weighted by Crippen LogP contribution is -2.22. The van der Waals surface area contributed by atoms with E-state index in [1.54, 1.807) is 6.07 Å². The van der Waals surface area contributed by atoms with Crippen LogP contribution in [-0.4, -0.2) is 31.0 Å². The van der Waals surface area contributed by atoms with Crippen molar-refractivity contribution in [2.75, 3.05) is 19.8 Å². The van der Waals surface area contributed by atoms with Crippen molar-refractivity contribution >= 4 is 11.6 Å². The number of benzene rings is 1. The zero-order valence-electron chi connectivity index (χ0n) is 11.1. The van der Waals surface area contributed by atoms with Crippen molar-refractivity contribution in [3.05, 3.63) is 22.7 Å². The predicted octanol–water partition coefficient (Wildman–Crippen LogP) is 2.31. The van der Waals surface area contributed by atoms with E-state index < -0.39 is 6.10 Å². The first-order chi connectivity index (χ1) is 9.15. The molecule has 106 valence electrons. The smallest absolute Gasteiger partial charge is 0.162 e. The van der Waals surface area contributed by atoms with E-state index in [9.17, 15) is 5.11 Å². The Morgan fingerprint density at radius 3 is 2.53 bits per heavy atom. The van der Waals surface area contributed by atoms with Crippen molar-refractivity contribution in [1.29, 1.82) is 0 Å². The number of hydrogen-bond acceptors (Lipinski definition) is 4. The fourth-order valence-corrected chi connectivity index (χ4v) is 2.64. The van der Waals surface area contributed by atoms with Gasteiger partial charge in [-0.2, -0.15) is 0 Å². The minimum absolute atomic E-state index is 0.168. The van der Waals surface area contributed by atoms with Crippen molar-refractivity contribution in [3.63, 3.8) is 0 Å². The molecule has 0 fully saturated rings. The highest BCUT2D eigenvalue weighted by Gasteiger charge is 2.21. The Hall–Kier alpha value is -0.970. The summed E-state index contributed by atoms with van der Waals surface area (Å²) in [5.74, 6) is 1.59. The monoisotopic (exact) mass is 285 g/mol. The molecular weight excluding hydrogens is 266 g/mol. The molecule has 2 unspecified atom stereocenters. The maximum Gasteiger partial charge on any atom is 0.162 e. The van der Waals surface area contributed by atoms with E-state index in [-0.39, 0.29) is 12.5 Å². The van der Waals surface area contributed by atoms with E-state index in [1.807, 2.05) is 6.07 Å². The highest BCUT2D eigenvalue weighted by molar-refractivity contribution is 6.31. The zero-order chi connectivity index (χ0) is 13.8. The first-order valence-electron chi connectivity index (χ1n) is 6.62. The van der Waals surface area contributed by atoms with Crippen LogP contribution < -0.4 is 15.2 Å². The minimum atomic E-state index is -0.505. The summed E-state index contributed by atoms with van der Waals surface area (Å²) in [6.07, 6.45) is 0.984. The average molecular weight is 286 g/mol. The first kappa shape index (κ1) is 14.4. The number of halogens is 1. The maximum atomic E-state index is 9.73. The average Bonchev–Trinajstić information content (AvgIpc) is 2.44. The van der Waals surface area contributed by atoms with E-state index in [0.29, 0.717) is 30.4 Å². The van der Waals surface area contributed by atoms with Gasteiger partial charge in [-0.15, -0.1) is 0 Å². The molecule has 4 nitrogen and oxygen atoms in total. The molecule has 0 radical (unpaired) electrons. The van der Waals surface area contributed by atoms with Crippen LogP contribution in [0.4, 0.5) is 0 Å². The topological polar surface area (TPSA) is 64.7 Å². The van der Waals surface area contributed by atoms with Crippen LogP contribution in [0.1, 0.15) is 31.2 Å². The second kappa shape index (κ2) is 6.46. The molecular formula is C14H20ClNO3. The van der Waals surface area contributed by atoms with Gasteiger partial charge in [0.25, 0.3) is 0 Å². The van der Waals surface area contributed by atoms with Gasteiger partial charge in [0.1, 0.15) is 13.2 Å². The Morgan fingerprint density at radius 1 is 1.32 bits per heavy atom. The van der Waals surface area contributed by atoms with Crippen LogP contribution in [0, 0.1) is 0 Å². The second-order valence-corrected chi connectivity index (χ2v) is 5.15. The van der Waals surface area contributed by atoms with Crippen LogP contribution in [0.15, 0.2) is 12.1 Å². The van der Waals surface area contributed by atoms with Gasteiger partial charge in [0.05, 0.1) is 6.10 Å². The van der Waals surface area contributed by atoms with Crippen molar-refractivity contribution in [1.82, 2.24) is 0 Å². The lowest BCUT2D eigenvalue weighted by molar-refractivity contribution is 0.161. The molecule has 0 spiro atoms. The summed E-state index contributed by atoms with van der Waals surface area (Å²) >= 11 is 6.31. The van der Waals surface area contributed by atoms with Crippen LogP contribution in [0.2, 0.25) is 5.02 Å². The molecule has 1 aromatic carbocycles. The third kappa shape index (κ3) is 3.32. The van der Waals surface area contributed by atoms with Crippen LogP contribution >= 0.6 is 11.6 Å². The molecule has 0 bridgehead atoms. The Morgan fingerprint density at radius 2 is 1.95 bits per heavy atom. The van der Waals surface area contributed by atoms with Gasteiger partial charge in [-0.3, -0.25) is 0 Å². The molecule has 0 saturated heterocycles. The molecule has 1 heterocycles. The van der Waals surface area contributed by atoms with Crippen LogP contribution in [-0.2, 0) is 0 Å². The number of aliphatic hydroxyl groups is 1. The fourth-order valence-electron chi connectivity index (χ4n) is 2.33. The van der Waals surface area contributed by atoms with E-state index in [2.05, 4.69) is 6.92 Å². The summed E-state index contributed by atoms with van der Waals surface area (Å²) < 4.78 is 11.1. The highest BCUT2D eigenvalue weighted by atomic mass is 35.5. The summed E-state index contributed by atoms with van der Waals surface area (Å²) in [5.41, 5.74) is 6.46. The minimum Gasteiger partial charge on any atom is -0.486 e. The van der Waals surface area contributed by atoms with Gasteiger partial charge in [0, 0.05) is 17.6 Å². The van der Waals surface area contributed by atoms with Gasteiger partial charge in [-0.05, 0) is 30.4 Å². The van der Waals surface area contributed by atoms with Gasteiger partial charge in [0.2, 0.25) is 0 Å². The molecule has 5 heteroatoms. The molecule has 19 heavy (non-hydrogen) atoms. The fraction of sp³-hybridized carbons (Fsp3) is 0.571. The summed E-state index contributed by atoms with van der Waals surface area (Å²) in [6, 6.07) is 3.72. The van der Waals surface area contributed by atoms with E-state index in [4.69, 9.17) is 26.8 Å². The number of aliphatic hydroxyl groups excluding tert-OH is 1. The van der Waals surface area contributed by atoms with E-state index in [0.717, 1.165) is 17.7 Å². The van der Waals surface area contributed by atoms with Gasteiger partial charge >= 0.3 is 0 Å². The standard InChI is InChI=1S/C14H20ClNO3/c1-2-9(5-10(17)8-16)11-6-13-14(7-12(11)15)19-4-3-18-13/h6-7,9-10,17H,2-5,8,16H2,1H3. The third-order valence-electron chi connectivity index (χ3n) is 3.42. The SMILES string of the molecule is CCC(CC(O)CN)c1cc2c(cc1Cl)OCCO2.